The van der Waals surface area contributed by atoms with Crippen molar-refractivity contribution >= 4 is 12.1 Å². The van der Waals surface area contributed by atoms with E-state index < -0.39 is 0 Å². The van der Waals surface area contributed by atoms with Gasteiger partial charge in [0.25, 0.3) is 0 Å². The van der Waals surface area contributed by atoms with Crippen molar-refractivity contribution in [3.05, 3.63) is 11.9 Å². The first-order valence-corrected chi connectivity index (χ1v) is 13.0. The maximum absolute atomic E-state index is 14.3. The highest BCUT2D eigenvalue weighted by Crippen LogP contribution is 2.52. The fourth-order valence-corrected chi connectivity index (χ4v) is 7.57. The van der Waals surface area contributed by atoms with E-state index in [0.29, 0.717) is 32.1 Å². The van der Waals surface area contributed by atoms with Gasteiger partial charge in [-0.2, -0.15) is 0 Å². The topological polar surface area (TPSA) is 74.4 Å². The van der Waals surface area contributed by atoms with Gasteiger partial charge in [0.2, 0.25) is 0 Å². The van der Waals surface area contributed by atoms with Gasteiger partial charge in [-0.1, -0.05) is 0 Å². The van der Waals surface area contributed by atoms with Crippen LogP contribution in [-0.2, 0) is 9.47 Å². The van der Waals surface area contributed by atoms with Crippen LogP contribution in [0.25, 0.3) is 0 Å². The van der Waals surface area contributed by atoms with Crippen LogP contribution < -0.4 is 5.32 Å². The number of fused-ring (bicyclic) bond motifs is 4. The predicted octanol–water partition coefficient (Wildman–Crippen LogP) is 3.13. The molecule has 2 bridgehead atoms. The number of hydrogen-bond acceptors (Lipinski definition) is 5. The number of likely N-dealkylation sites (tertiary alicyclic amines) is 2. The molecule has 1 aliphatic carbocycles. The number of amides is 3. The molecule has 9 heteroatoms. The van der Waals surface area contributed by atoms with Gasteiger partial charge in [0.15, 0.2) is 0 Å². The molecule has 4 fully saturated rings. The predicted molar refractivity (Wildman–Crippen MR) is 125 cm³/mol. The molecule has 1 spiro atoms. The zero-order chi connectivity index (χ0) is 23.9. The van der Waals surface area contributed by atoms with Crippen molar-refractivity contribution in [1.82, 2.24) is 20.0 Å². The summed E-state index contributed by atoms with van der Waals surface area (Å²) < 4.78 is 24.7. The molecular formula is C25H39FN4O4. The molecule has 4 unspecified atom stereocenters. The summed E-state index contributed by atoms with van der Waals surface area (Å²) >= 11 is 0. The van der Waals surface area contributed by atoms with Crippen molar-refractivity contribution in [2.45, 2.75) is 75.5 Å². The number of ether oxygens (including phenoxy) is 2. The van der Waals surface area contributed by atoms with Crippen LogP contribution in [0, 0.1) is 11.3 Å². The lowest BCUT2D eigenvalue weighted by atomic mass is 9.67. The Kier molecular flexibility index (Phi) is 6.77. The number of halogens is 1. The number of rotatable bonds is 4. The van der Waals surface area contributed by atoms with Crippen LogP contribution in [-0.4, -0.2) is 98.0 Å². The SMILES string of the molecule is CNC(=O)N1CC2(CCN(C3CC4CCC(C3)N4C(=O)OCCOC)CC2)C2C=C(F)CCC21. The van der Waals surface area contributed by atoms with Crippen molar-refractivity contribution in [1.29, 1.82) is 0 Å². The van der Waals surface area contributed by atoms with Crippen molar-refractivity contribution in [2.24, 2.45) is 11.3 Å². The van der Waals surface area contributed by atoms with Crippen molar-refractivity contribution in [2.75, 3.05) is 47.0 Å². The van der Waals surface area contributed by atoms with Gasteiger partial charge >= 0.3 is 12.1 Å². The number of carbonyl (C=O) groups excluding carboxylic acids is 2. The van der Waals surface area contributed by atoms with E-state index in [1.54, 1.807) is 14.2 Å². The molecule has 0 aromatic rings. The van der Waals surface area contributed by atoms with E-state index in [4.69, 9.17) is 9.47 Å². The van der Waals surface area contributed by atoms with E-state index in [1.807, 2.05) is 15.9 Å². The van der Waals surface area contributed by atoms with E-state index in [0.717, 1.165) is 58.2 Å². The molecule has 0 saturated carbocycles. The number of carbonyl (C=O) groups is 2. The van der Waals surface area contributed by atoms with E-state index in [9.17, 15) is 14.0 Å². The van der Waals surface area contributed by atoms with Crippen LogP contribution in [0.1, 0.15) is 51.4 Å². The van der Waals surface area contributed by atoms with E-state index in [-0.39, 0.29) is 47.4 Å². The van der Waals surface area contributed by atoms with Gasteiger partial charge < -0.3 is 29.5 Å². The molecule has 190 valence electrons. The van der Waals surface area contributed by atoms with Gasteiger partial charge in [-0.25, -0.2) is 14.0 Å². The first-order chi connectivity index (χ1) is 16.5. The van der Waals surface area contributed by atoms with Crippen LogP contribution in [0.4, 0.5) is 14.0 Å². The summed E-state index contributed by atoms with van der Waals surface area (Å²) in [6.45, 7) is 3.39. The molecule has 0 aromatic heterocycles. The quantitative estimate of drug-likeness (QED) is 0.629. The Hall–Kier alpha value is -1.87. The normalized spacial score (nSPS) is 34.7. The van der Waals surface area contributed by atoms with Crippen molar-refractivity contribution in [3.63, 3.8) is 0 Å². The number of urea groups is 1. The Bertz CT molecular complexity index is 801. The highest BCUT2D eigenvalue weighted by atomic mass is 19.1. The summed E-state index contributed by atoms with van der Waals surface area (Å²) in [6.07, 6.45) is 8.85. The van der Waals surface area contributed by atoms with Crippen LogP contribution in [0.2, 0.25) is 0 Å². The molecular weight excluding hydrogens is 439 g/mol. The Labute approximate surface area is 201 Å². The second-order valence-electron chi connectivity index (χ2n) is 10.9. The third-order valence-corrected chi connectivity index (χ3v) is 9.26. The minimum absolute atomic E-state index is 0.0110. The molecule has 4 aliphatic heterocycles. The Morgan fingerprint density at radius 2 is 1.82 bits per heavy atom. The summed E-state index contributed by atoms with van der Waals surface area (Å²) in [5.41, 5.74) is -0.0315. The van der Waals surface area contributed by atoms with Gasteiger partial charge in [0, 0.05) is 57.2 Å². The molecule has 0 radical (unpaired) electrons. The molecule has 0 aromatic carbocycles. The standard InChI is InChI=1S/C25H39FN4O4/c1-27-23(31)29-16-25(21-13-17(26)3-6-22(21)29)7-9-28(10-8-25)20-14-18-4-5-19(15-20)30(18)24(32)34-12-11-33-2/h13,18-22H,3-12,14-16H2,1-2H3,(H,27,31). The van der Waals surface area contributed by atoms with Crippen molar-refractivity contribution < 1.29 is 23.5 Å². The average molecular weight is 479 g/mol. The van der Waals surface area contributed by atoms with Gasteiger partial charge in [-0.3, -0.25) is 0 Å². The molecule has 4 saturated heterocycles. The number of nitrogens with zero attached hydrogens (tertiary/aromatic N) is 3. The molecule has 4 heterocycles. The van der Waals surface area contributed by atoms with Gasteiger partial charge in [0.05, 0.1) is 12.4 Å². The third-order valence-electron chi connectivity index (χ3n) is 9.26. The number of methoxy groups -OCH3 is 1. The lowest BCUT2D eigenvalue weighted by Gasteiger charge is -2.48. The zero-order valence-corrected chi connectivity index (χ0v) is 20.5. The average Bonchev–Trinajstić information content (AvgIpc) is 3.29. The highest BCUT2D eigenvalue weighted by Gasteiger charge is 2.55. The minimum atomic E-state index is -0.196. The molecule has 5 aliphatic rings. The van der Waals surface area contributed by atoms with E-state index in [2.05, 4.69) is 10.2 Å². The molecule has 5 rings (SSSR count). The maximum Gasteiger partial charge on any atom is 0.410 e. The number of hydrogen-bond donors (Lipinski definition) is 1. The molecule has 34 heavy (non-hydrogen) atoms. The monoisotopic (exact) mass is 478 g/mol. The largest absolute Gasteiger partial charge is 0.447 e. The Balaban J connectivity index is 1.22. The van der Waals surface area contributed by atoms with Crippen LogP contribution in [0.5, 0.6) is 0 Å². The number of nitrogens with one attached hydrogen (secondary N) is 1. The fraction of sp³-hybridized carbons (Fsp3) is 0.840. The van der Waals surface area contributed by atoms with Crippen molar-refractivity contribution in [3.8, 4) is 0 Å². The van der Waals surface area contributed by atoms with Gasteiger partial charge in [-0.15, -0.1) is 0 Å². The molecule has 8 nitrogen and oxygen atoms in total. The zero-order valence-electron chi connectivity index (χ0n) is 20.5. The van der Waals surface area contributed by atoms with Crippen LogP contribution >= 0.6 is 0 Å². The smallest absolute Gasteiger partial charge is 0.410 e. The molecule has 1 N–H and O–H groups in total. The molecule has 3 amide bonds. The first kappa shape index (κ1) is 23.9. The minimum Gasteiger partial charge on any atom is -0.447 e. The fourth-order valence-electron chi connectivity index (χ4n) is 7.57. The molecule has 4 atom stereocenters. The Morgan fingerprint density at radius 3 is 2.47 bits per heavy atom. The summed E-state index contributed by atoms with van der Waals surface area (Å²) in [6, 6.07) is 1.05. The Morgan fingerprint density at radius 1 is 1.12 bits per heavy atom. The summed E-state index contributed by atoms with van der Waals surface area (Å²) in [7, 11) is 3.28. The first-order valence-electron chi connectivity index (χ1n) is 13.0. The lowest BCUT2D eigenvalue weighted by Crippen LogP contribution is -2.55. The van der Waals surface area contributed by atoms with Crippen LogP contribution in [0.15, 0.2) is 11.9 Å². The summed E-state index contributed by atoms with van der Waals surface area (Å²) in [5, 5.41) is 2.79. The lowest BCUT2D eigenvalue weighted by molar-refractivity contribution is 0.00657. The third kappa shape index (κ3) is 4.19. The van der Waals surface area contributed by atoms with E-state index >= 15 is 0 Å². The van der Waals surface area contributed by atoms with E-state index in [1.165, 1.54) is 0 Å². The summed E-state index contributed by atoms with van der Waals surface area (Å²) in [5.74, 6) is 0.101. The second kappa shape index (κ2) is 9.64. The number of piperidine rings is 2. The van der Waals surface area contributed by atoms with Gasteiger partial charge in [0.1, 0.15) is 6.61 Å². The highest BCUT2D eigenvalue weighted by molar-refractivity contribution is 5.75. The van der Waals surface area contributed by atoms with Crippen LogP contribution in [0.3, 0.4) is 0 Å². The number of allylic oxidation sites excluding steroid dienone is 1. The maximum atomic E-state index is 14.3. The van der Waals surface area contributed by atoms with Gasteiger partial charge in [-0.05, 0) is 69.5 Å². The second-order valence-corrected chi connectivity index (χ2v) is 10.9. The summed E-state index contributed by atoms with van der Waals surface area (Å²) in [4.78, 5) is 31.7.